The van der Waals surface area contributed by atoms with Crippen LogP contribution in [0.15, 0.2) is 65.4 Å². The van der Waals surface area contributed by atoms with E-state index in [1.54, 1.807) is 35.1 Å². The van der Waals surface area contributed by atoms with Crippen LogP contribution in [0.3, 0.4) is 0 Å². The first kappa shape index (κ1) is 19.2. The summed E-state index contributed by atoms with van der Waals surface area (Å²) in [6, 6.07) is 12.4. The molecule has 0 saturated carbocycles. The number of nitrogens with zero attached hydrogens (tertiary/aromatic N) is 3. The highest BCUT2D eigenvalue weighted by molar-refractivity contribution is 6.35. The van der Waals surface area contributed by atoms with Crippen LogP contribution in [0.1, 0.15) is 16.1 Å². The molecule has 146 valence electrons. The second kappa shape index (κ2) is 8.06. The summed E-state index contributed by atoms with van der Waals surface area (Å²) in [5.74, 6) is -0.447. The quantitative estimate of drug-likeness (QED) is 0.467. The minimum atomic E-state index is -0.453. The van der Waals surface area contributed by atoms with Crippen LogP contribution in [0.5, 0.6) is 0 Å². The van der Waals surface area contributed by atoms with Gasteiger partial charge in [0.2, 0.25) is 0 Å². The molecule has 0 bridgehead atoms. The molecule has 9 heteroatoms. The molecule has 0 atom stereocenters. The van der Waals surface area contributed by atoms with E-state index in [-0.39, 0.29) is 11.5 Å². The molecule has 0 aliphatic heterocycles. The predicted octanol–water partition coefficient (Wildman–Crippen LogP) is 5.28. The second-order valence-corrected chi connectivity index (χ2v) is 7.04. The number of benzene rings is 2. The van der Waals surface area contributed by atoms with Gasteiger partial charge in [0.1, 0.15) is 5.82 Å². The molecule has 0 saturated heterocycles. The Hall–Kier alpha value is -3.16. The second-order valence-electron chi connectivity index (χ2n) is 6.20. The van der Waals surface area contributed by atoms with Gasteiger partial charge in [0, 0.05) is 27.9 Å². The number of carbonyl (C=O) groups is 1. The van der Waals surface area contributed by atoms with Crippen molar-refractivity contribution < 1.29 is 13.7 Å². The highest BCUT2D eigenvalue weighted by atomic mass is 35.5. The van der Waals surface area contributed by atoms with Crippen LogP contribution in [0.4, 0.5) is 10.1 Å². The SMILES string of the molecule is O=C(Nc1cnn(Cc2ccc(Cl)cc2Cl)c1)c1cc(-c2ccc(F)cc2)on1. The van der Waals surface area contributed by atoms with E-state index in [1.165, 1.54) is 24.4 Å². The number of carbonyl (C=O) groups excluding carboxylic acids is 1. The van der Waals surface area contributed by atoms with E-state index in [2.05, 4.69) is 15.6 Å². The molecule has 0 fully saturated rings. The number of rotatable bonds is 5. The first-order valence-corrected chi connectivity index (χ1v) is 9.24. The topological polar surface area (TPSA) is 73.0 Å². The molecule has 4 rings (SSSR count). The summed E-state index contributed by atoms with van der Waals surface area (Å²) in [6.07, 6.45) is 3.19. The highest BCUT2D eigenvalue weighted by Crippen LogP contribution is 2.23. The molecule has 6 nitrogen and oxygen atoms in total. The third kappa shape index (κ3) is 4.47. The third-order valence-electron chi connectivity index (χ3n) is 4.11. The van der Waals surface area contributed by atoms with Crippen molar-refractivity contribution in [2.24, 2.45) is 0 Å². The first-order valence-electron chi connectivity index (χ1n) is 8.48. The van der Waals surface area contributed by atoms with Gasteiger partial charge in [-0.05, 0) is 42.0 Å². The Morgan fingerprint density at radius 1 is 1.14 bits per heavy atom. The van der Waals surface area contributed by atoms with E-state index in [4.69, 9.17) is 27.7 Å². The molecule has 0 aliphatic rings. The highest BCUT2D eigenvalue weighted by Gasteiger charge is 2.15. The van der Waals surface area contributed by atoms with Gasteiger partial charge in [-0.25, -0.2) is 4.39 Å². The lowest BCUT2D eigenvalue weighted by molar-refractivity contribution is 0.101. The molecule has 1 amide bonds. The Kier molecular flexibility index (Phi) is 5.33. The summed E-state index contributed by atoms with van der Waals surface area (Å²) in [4.78, 5) is 12.4. The predicted molar refractivity (Wildman–Crippen MR) is 108 cm³/mol. The summed E-state index contributed by atoms with van der Waals surface area (Å²) >= 11 is 12.1. The van der Waals surface area contributed by atoms with Crippen LogP contribution in [0.2, 0.25) is 10.0 Å². The lowest BCUT2D eigenvalue weighted by atomic mass is 10.1. The minimum absolute atomic E-state index is 0.0952. The maximum Gasteiger partial charge on any atom is 0.277 e. The van der Waals surface area contributed by atoms with Gasteiger partial charge < -0.3 is 9.84 Å². The molecule has 0 unspecified atom stereocenters. The fourth-order valence-electron chi connectivity index (χ4n) is 2.67. The Morgan fingerprint density at radius 3 is 2.69 bits per heavy atom. The van der Waals surface area contributed by atoms with Crippen molar-refractivity contribution >= 4 is 34.8 Å². The van der Waals surface area contributed by atoms with E-state index in [1.807, 2.05) is 6.07 Å². The zero-order chi connectivity index (χ0) is 20.4. The number of hydrogen-bond acceptors (Lipinski definition) is 4. The monoisotopic (exact) mass is 430 g/mol. The number of amides is 1. The van der Waals surface area contributed by atoms with E-state index in [0.29, 0.717) is 33.6 Å². The van der Waals surface area contributed by atoms with Gasteiger partial charge in [-0.2, -0.15) is 5.10 Å². The van der Waals surface area contributed by atoms with Crippen molar-refractivity contribution in [2.45, 2.75) is 6.54 Å². The van der Waals surface area contributed by atoms with Gasteiger partial charge in [-0.15, -0.1) is 0 Å². The molecule has 1 N–H and O–H groups in total. The molecule has 2 heterocycles. The average molecular weight is 431 g/mol. The molecule has 2 aromatic carbocycles. The van der Waals surface area contributed by atoms with Gasteiger partial charge in [0.15, 0.2) is 11.5 Å². The Bertz CT molecular complexity index is 1170. The molecule has 0 aliphatic carbocycles. The van der Waals surface area contributed by atoms with Gasteiger partial charge >= 0.3 is 0 Å². The standard InChI is InChI=1S/C20H13Cl2FN4O2/c21-14-4-1-13(17(22)7-14)10-27-11-16(9-24-27)25-20(28)18-8-19(29-26-18)12-2-5-15(23)6-3-12/h1-9,11H,10H2,(H,25,28). The van der Waals surface area contributed by atoms with Crippen molar-refractivity contribution in [3.63, 3.8) is 0 Å². The number of hydrogen-bond donors (Lipinski definition) is 1. The summed E-state index contributed by atoms with van der Waals surface area (Å²) in [5.41, 5.74) is 2.05. The van der Waals surface area contributed by atoms with Crippen molar-refractivity contribution in [1.82, 2.24) is 14.9 Å². The average Bonchev–Trinajstić information content (AvgIpc) is 3.34. The Morgan fingerprint density at radius 2 is 1.93 bits per heavy atom. The van der Waals surface area contributed by atoms with E-state index in [0.717, 1.165) is 5.56 Å². The van der Waals surface area contributed by atoms with Crippen molar-refractivity contribution in [1.29, 1.82) is 0 Å². The normalized spacial score (nSPS) is 10.9. The molecular weight excluding hydrogens is 418 g/mol. The summed E-state index contributed by atoms with van der Waals surface area (Å²) < 4.78 is 19.8. The largest absolute Gasteiger partial charge is 0.355 e. The van der Waals surface area contributed by atoms with Crippen LogP contribution in [0.25, 0.3) is 11.3 Å². The number of halogens is 3. The molecule has 0 radical (unpaired) electrons. The fourth-order valence-corrected chi connectivity index (χ4v) is 3.13. The van der Waals surface area contributed by atoms with Gasteiger partial charge in [0.25, 0.3) is 5.91 Å². The van der Waals surface area contributed by atoms with E-state index >= 15 is 0 Å². The smallest absolute Gasteiger partial charge is 0.277 e. The van der Waals surface area contributed by atoms with Gasteiger partial charge in [-0.3, -0.25) is 9.48 Å². The lowest BCUT2D eigenvalue weighted by Crippen LogP contribution is -2.11. The van der Waals surface area contributed by atoms with Crippen molar-refractivity contribution in [2.75, 3.05) is 5.32 Å². The molecule has 29 heavy (non-hydrogen) atoms. The van der Waals surface area contributed by atoms with Gasteiger partial charge in [0.05, 0.1) is 18.4 Å². The Labute approximate surface area is 174 Å². The molecule has 2 aromatic heterocycles. The summed E-state index contributed by atoms with van der Waals surface area (Å²) in [7, 11) is 0. The zero-order valence-corrected chi connectivity index (χ0v) is 16.3. The van der Waals surface area contributed by atoms with Crippen LogP contribution < -0.4 is 5.32 Å². The van der Waals surface area contributed by atoms with Crippen LogP contribution in [-0.4, -0.2) is 20.8 Å². The van der Waals surface area contributed by atoms with Crippen LogP contribution in [-0.2, 0) is 6.54 Å². The van der Waals surface area contributed by atoms with Crippen LogP contribution >= 0.6 is 23.2 Å². The van der Waals surface area contributed by atoms with E-state index in [9.17, 15) is 9.18 Å². The molecule has 0 spiro atoms. The number of nitrogens with one attached hydrogen (secondary N) is 1. The third-order valence-corrected chi connectivity index (χ3v) is 4.70. The van der Waals surface area contributed by atoms with Crippen molar-refractivity contribution in [3.05, 3.63) is 88.0 Å². The molecule has 4 aromatic rings. The summed E-state index contributed by atoms with van der Waals surface area (Å²) in [5, 5.41) is 11.8. The van der Waals surface area contributed by atoms with Crippen molar-refractivity contribution in [3.8, 4) is 11.3 Å². The van der Waals surface area contributed by atoms with Gasteiger partial charge in [-0.1, -0.05) is 34.4 Å². The number of aromatic nitrogens is 3. The number of anilines is 1. The first-order chi connectivity index (χ1) is 14.0. The zero-order valence-electron chi connectivity index (χ0n) is 14.8. The molecular formula is C20H13Cl2FN4O2. The summed E-state index contributed by atoms with van der Waals surface area (Å²) in [6.45, 7) is 0.421. The lowest BCUT2D eigenvalue weighted by Gasteiger charge is -2.05. The maximum atomic E-state index is 13.0. The Balaban J connectivity index is 1.43. The minimum Gasteiger partial charge on any atom is -0.355 e. The van der Waals surface area contributed by atoms with Crippen LogP contribution in [0, 0.1) is 5.82 Å². The van der Waals surface area contributed by atoms with E-state index < -0.39 is 5.91 Å². The fraction of sp³-hybridized carbons (Fsp3) is 0.0500. The maximum absolute atomic E-state index is 13.0.